The zero-order valence-corrected chi connectivity index (χ0v) is 19.0. The van der Waals surface area contributed by atoms with E-state index in [1.165, 1.54) is 25.7 Å². The first-order chi connectivity index (χ1) is 15.1. The number of carbonyl (C=O) groups is 1. The number of amides is 1. The zero-order chi connectivity index (χ0) is 21.6. The Balaban J connectivity index is 1.28. The highest BCUT2D eigenvalue weighted by Gasteiger charge is 2.28. The van der Waals surface area contributed by atoms with Crippen LogP contribution in [0, 0.1) is 5.92 Å². The van der Waals surface area contributed by atoms with Gasteiger partial charge in [0.2, 0.25) is 5.91 Å². The molecule has 6 nitrogen and oxygen atoms in total. The van der Waals surface area contributed by atoms with Crippen molar-refractivity contribution in [3.8, 4) is 5.75 Å². The van der Waals surface area contributed by atoms with E-state index in [0.29, 0.717) is 37.7 Å². The van der Waals surface area contributed by atoms with Gasteiger partial charge in [0, 0.05) is 37.2 Å². The van der Waals surface area contributed by atoms with E-state index in [1.807, 2.05) is 40.9 Å². The molecule has 0 spiro atoms. The second-order valence-electron chi connectivity index (χ2n) is 8.62. The van der Waals surface area contributed by atoms with E-state index in [9.17, 15) is 4.79 Å². The maximum atomic E-state index is 12.7. The van der Waals surface area contributed by atoms with Gasteiger partial charge in [-0.2, -0.15) is 5.10 Å². The molecule has 168 valence electrons. The molecule has 1 saturated heterocycles. The quantitative estimate of drug-likeness (QED) is 0.597. The monoisotopic (exact) mass is 445 g/mol. The Kier molecular flexibility index (Phi) is 7.51. The largest absolute Gasteiger partial charge is 0.493 e. The lowest BCUT2D eigenvalue weighted by Gasteiger charge is -2.32. The summed E-state index contributed by atoms with van der Waals surface area (Å²) in [6.45, 7) is 2.37. The van der Waals surface area contributed by atoms with Crippen molar-refractivity contribution < 1.29 is 14.3 Å². The van der Waals surface area contributed by atoms with Crippen molar-refractivity contribution in [1.82, 2.24) is 14.7 Å². The van der Waals surface area contributed by atoms with Gasteiger partial charge >= 0.3 is 0 Å². The summed E-state index contributed by atoms with van der Waals surface area (Å²) >= 11 is 5.91. The first kappa shape index (κ1) is 22.2. The fourth-order valence-electron chi connectivity index (χ4n) is 4.57. The maximum Gasteiger partial charge on any atom is 0.222 e. The van der Waals surface area contributed by atoms with Gasteiger partial charge < -0.3 is 14.4 Å². The second-order valence-corrected chi connectivity index (χ2v) is 9.06. The number of aryl methyl sites for hydroxylation is 1. The molecule has 2 aromatic rings. The fourth-order valence-corrected chi connectivity index (χ4v) is 4.69. The first-order valence-electron chi connectivity index (χ1n) is 11.4. The minimum Gasteiger partial charge on any atom is -0.493 e. The third-order valence-corrected chi connectivity index (χ3v) is 6.68. The third-order valence-electron chi connectivity index (χ3n) is 6.43. The van der Waals surface area contributed by atoms with Crippen molar-refractivity contribution in [2.24, 2.45) is 13.0 Å². The number of benzene rings is 1. The minimum atomic E-state index is -0.165. The Morgan fingerprint density at radius 2 is 2.03 bits per heavy atom. The lowest BCUT2D eigenvalue weighted by Crippen LogP contribution is -2.42. The van der Waals surface area contributed by atoms with E-state index in [4.69, 9.17) is 21.1 Å². The van der Waals surface area contributed by atoms with Crippen LogP contribution in [-0.4, -0.2) is 46.9 Å². The van der Waals surface area contributed by atoms with Gasteiger partial charge in [0.1, 0.15) is 11.9 Å². The summed E-state index contributed by atoms with van der Waals surface area (Å²) in [6.07, 6.45) is 7.49. The van der Waals surface area contributed by atoms with Crippen molar-refractivity contribution in [3.63, 3.8) is 0 Å². The SMILES string of the molecule is Cn1nc([C@@H]2CN(C(=O)CCC3CCCC3)CCO2)cc1CCOc1ccc(Cl)cc1. The lowest BCUT2D eigenvalue weighted by molar-refractivity contribution is -0.139. The van der Waals surface area contributed by atoms with Crippen LogP contribution in [0.25, 0.3) is 0 Å². The molecule has 2 heterocycles. The van der Waals surface area contributed by atoms with E-state index in [0.717, 1.165) is 35.9 Å². The van der Waals surface area contributed by atoms with E-state index < -0.39 is 0 Å². The predicted molar refractivity (Wildman–Crippen MR) is 120 cm³/mol. The van der Waals surface area contributed by atoms with Crippen molar-refractivity contribution in [2.45, 2.75) is 51.0 Å². The number of carbonyl (C=O) groups excluding carboxylic acids is 1. The van der Waals surface area contributed by atoms with E-state index in [2.05, 4.69) is 11.2 Å². The van der Waals surface area contributed by atoms with Gasteiger partial charge in [0.15, 0.2) is 0 Å². The maximum absolute atomic E-state index is 12.7. The van der Waals surface area contributed by atoms with Crippen LogP contribution in [0.1, 0.15) is 56.0 Å². The van der Waals surface area contributed by atoms with Crippen LogP contribution in [0.3, 0.4) is 0 Å². The molecule has 0 unspecified atom stereocenters. The van der Waals surface area contributed by atoms with Gasteiger partial charge in [0.05, 0.1) is 25.5 Å². The van der Waals surface area contributed by atoms with Crippen molar-refractivity contribution in [2.75, 3.05) is 26.3 Å². The van der Waals surface area contributed by atoms with Crippen molar-refractivity contribution >= 4 is 17.5 Å². The van der Waals surface area contributed by atoms with Gasteiger partial charge in [-0.3, -0.25) is 9.48 Å². The Labute approximate surface area is 189 Å². The number of aromatic nitrogens is 2. The van der Waals surface area contributed by atoms with Crippen molar-refractivity contribution in [1.29, 1.82) is 0 Å². The number of halogens is 1. The van der Waals surface area contributed by atoms with Crippen LogP contribution in [0.15, 0.2) is 30.3 Å². The molecule has 1 aromatic carbocycles. The molecule has 31 heavy (non-hydrogen) atoms. The summed E-state index contributed by atoms with van der Waals surface area (Å²) in [5.74, 6) is 1.80. The van der Waals surface area contributed by atoms with E-state index >= 15 is 0 Å². The molecular weight excluding hydrogens is 414 g/mol. The minimum absolute atomic E-state index is 0.165. The summed E-state index contributed by atoms with van der Waals surface area (Å²) in [5, 5.41) is 5.35. The molecule has 4 rings (SSSR count). The number of nitrogens with zero attached hydrogens (tertiary/aromatic N) is 3. The number of morpholine rings is 1. The Morgan fingerprint density at radius 3 is 2.81 bits per heavy atom. The predicted octanol–water partition coefficient (Wildman–Crippen LogP) is 4.57. The normalized spacial score (nSPS) is 19.7. The Bertz CT molecular complexity index is 861. The molecule has 7 heteroatoms. The Hall–Kier alpha value is -2.05. The van der Waals surface area contributed by atoms with Crippen LogP contribution in [0.5, 0.6) is 5.75 Å². The molecule has 1 saturated carbocycles. The molecule has 1 atom stereocenters. The number of hydrogen-bond acceptors (Lipinski definition) is 4. The lowest BCUT2D eigenvalue weighted by atomic mass is 10.0. The van der Waals surface area contributed by atoms with Crippen LogP contribution in [-0.2, 0) is 23.0 Å². The highest BCUT2D eigenvalue weighted by atomic mass is 35.5. The smallest absolute Gasteiger partial charge is 0.222 e. The molecule has 0 N–H and O–H groups in total. The number of ether oxygens (including phenoxy) is 2. The summed E-state index contributed by atoms with van der Waals surface area (Å²) < 4.78 is 13.7. The first-order valence-corrected chi connectivity index (χ1v) is 11.8. The third kappa shape index (κ3) is 6.01. The molecule has 1 amide bonds. The molecular formula is C24H32ClN3O3. The molecule has 2 fully saturated rings. The van der Waals surface area contributed by atoms with Crippen LogP contribution >= 0.6 is 11.6 Å². The summed E-state index contributed by atoms with van der Waals surface area (Å²) in [4.78, 5) is 14.7. The van der Waals surface area contributed by atoms with Crippen LogP contribution < -0.4 is 4.74 Å². The molecule has 1 aromatic heterocycles. The Morgan fingerprint density at radius 1 is 1.26 bits per heavy atom. The van der Waals surface area contributed by atoms with Crippen molar-refractivity contribution in [3.05, 3.63) is 46.7 Å². The molecule has 1 aliphatic heterocycles. The molecule has 0 radical (unpaired) electrons. The van der Waals surface area contributed by atoms with Gasteiger partial charge in [-0.1, -0.05) is 37.3 Å². The highest BCUT2D eigenvalue weighted by Crippen LogP contribution is 2.29. The second kappa shape index (κ2) is 10.5. The van der Waals surface area contributed by atoms with E-state index in [-0.39, 0.29) is 12.0 Å². The number of hydrogen-bond donors (Lipinski definition) is 0. The average Bonchev–Trinajstić information content (AvgIpc) is 3.43. The number of rotatable bonds is 8. The van der Waals surface area contributed by atoms with Crippen LogP contribution in [0.4, 0.5) is 0 Å². The zero-order valence-electron chi connectivity index (χ0n) is 18.3. The molecule has 1 aliphatic carbocycles. The topological polar surface area (TPSA) is 56.6 Å². The average molecular weight is 446 g/mol. The van der Waals surface area contributed by atoms with Gasteiger partial charge in [0.25, 0.3) is 0 Å². The highest BCUT2D eigenvalue weighted by molar-refractivity contribution is 6.30. The fraction of sp³-hybridized carbons (Fsp3) is 0.583. The summed E-state index contributed by atoms with van der Waals surface area (Å²) in [7, 11) is 1.94. The van der Waals surface area contributed by atoms with Gasteiger partial charge in [-0.25, -0.2) is 0 Å². The van der Waals surface area contributed by atoms with Crippen LogP contribution in [0.2, 0.25) is 5.02 Å². The van der Waals surface area contributed by atoms with E-state index in [1.54, 1.807) is 0 Å². The molecule has 2 aliphatic rings. The van der Waals surface area contributed by atoms with Gasteiger partial charge in [-0.15, -0.1) is 0 Å². The standard InChI is InChI=1S/C24H32ClN3O3/c1-27-20(12-14-30-21-9-7-19(25)8-10-21)16-22(26-27)23-17-28(13-15-31-23)24(29)11-6-18-4-2-3-5-18/h7-10,16,18,23H,2-6,11-15,17H2,1H3/t23-/m0/s1. The molecule has 0 bridgehead atoms. The summed E-state index contributed by atoms with van der Waals surface area (Å²) in [5.41, 5.74) is 1.97. The summed E-state index contributed by atoms with van der Waals surface area (Å²) in [6, 6.07) is 9.44. The van der Waals surface area contributed by atoms with Gasteiger partial charge in [-0.05, 0) is 42.7 Å².